The second kappa shape index (κ2) is 14.0. The molecule has 3 aromatic carbocycles. The molecule has 11 heteroatoms. The first-order valence-corrected chi connectivity index (χ1v) is 16.0. The lowest BCUT2D eigenvalue weighted by Crippen LogP contribution is -2.41. The molecule has 0 radical (unpaired) electrons. The maximum absolute atomic E-state index is 14.9. The van der Waals surface area contributed by atoms with Gasteiger partial charge in [0.15, 0.2) is 0 Å². The van der Waals surface area contributed by atoms with Crippen LogP contribution in [0.25, 0.3) is 0 Å². The Morgan fingerprint density at radius 3 is 2.25 bits per heavy atom. The number of likely N-dealkylation sites (N-methyl/N-ethyl adjacent to an activating group) is 1. The molecule has 1 amide bonds. The molecule has 2 N–H and O–H groups in total. The molecule has 0 atom stereocenters. The normalized spacial score (nSPS) is 13.9. The second-order valence-electron chi connectivity index (χ2n) is 11.4. The van der Waals surface area contributed by atoms with Gasteiger partial charge < -0.3 is 15.3 Å². The lowest BCUT2D eigenvalue weighted by molar-refractivity contribution is -0.118. The first kappa shape index (κ1) is 32.6. The van der Waals surface area contributed by atoms with Crippen molar-refractivity contribution in [1.29, 1.82) is 5.26 Å². The molecule has 0 saturated heterocycles. The number of nitrogens with one attached hydrogen (secondary N) is 1. The van der Waals surface area contributed by atoms with E-state index in [2.05, 4.69) is 17.4 Å². The third-order valence-electron chi connectivity index (χ3n) is 7.81. The number of amides is 1. The number of carboxylic acid groups (broad SMARTS) is 1. The van der Waals surface area contributed by atoms with Crippen molar-refractivity contribution >= 4 is 33.3 Å². The number of aromatic carboxylic acids is 1. The second-order valence-corrected chi connectivity index (χ2v) is 13.5. The van der Waals surface area contributed by atoms with Gasteiger partial charge in [0.05, 0.1) is 34.8 Å². The van der Waals surface area contributed by atoms with Gasteiger partial charge in [-0.25, -0.2) is 17.6 Å². The smallest absolute Gasteiger partial charge is 0.335 e. The van der Waals surface area contributed by atoms with Gasteiger partial charge in [0.1, 0.15) is 11.9 Å². The molecule has 0 spiro atoms. The number of carbonyl (C=O) groups is 2. The molecular formula is C33H37FN4O5S. The highest BCUT2D eigenvalue weighted by atomic mass is 32.2. The fraction of sp³-hybridized carbons (Fsp3) is 0.364. The molecule has 0 aromatic heterocycles. The summed E-state index contributed by atoms with van der Waals surface area (Å²) in [4.78, 5) is 26.0. The Kier molecular flexibility index (Phi) is 10.4. The number of anilines is 2. The van der Waals surface area contributed by atoms with Crippen LogP contribution in [0.3, 0.4) is 0 Å². The maximum Gasteiger partial charge on any atom is 0.335 e. The van der Waals surface area contributed by atoms with Gasteiger partial charge in [-0.2, -0.15) is 9.57 Å². The van der Waals surface area contributed by atoms with Gasteiger partial charge in [-0.3, -0.25) is 4.79 Å². The van der Waals surface area contributed by atoms with Gasteiger partial charge in [-0.05, 0) is 80.1 Å². The molecule has 0 bridgehead atoms. The zero-order valence-electron chi connectivity index (χ0n) is 25.1. The molecular weight excluding hydrogens is 583 g/mol. The van der Waals surface area contributed by atoms with E-state index in [1.807, 2.05) is 18.2 Å². The molecule has 1 aliphatic rings. The quantitative estimate of drug-likeness (QED) is 0.264. The largest absolute Gasteiger partial charge is 0.478 e. The number of carboxylic acids is 1. The standard InChI is InChI=1S/C33H37FN4O5S/c1-22(2)36-32-27(19-35)17-29(18-30(32)34)44(42,43)37(3)21-31(39)38(28-15-13-26(14-16-28)33(40)41)20-23-9-11-25(12-10-23)24-7-5-4-6-8-24/h9-18,22,24,36H,4-8,20-21H2,1-3H3,(H,40,41). The minimum Gasteiger partial charge on any atom is -0.478 e. The van der Waals surface area contributed by atoms with Crippen LogP contribution in [0, 0.1) is 17.1 Å². The molecule has 1 aliphatic carbocycles. The topological polar surface area (TPSA) is 131 Å². The number of sulfonamides is 1. The van der Waals surface area contributed by atoms with Gasteiger partial charge in [0.25, 0.3) is 0 Å². The third-order valence-corrected chi connectivity index (χ3v) is 9.59. The van der Waals surface area contributed by atoms with Crippen molar-refractivity contribution in [2.45, 2.75) is 69.4 Å². The maximum atomic E-state index is 14.9. The Morgan fingerprint density at radius 2 is 1.68 bits per heavy atom. The van der Waals surface area contributed by atoms with E-state index in [1.165, 1.54) is 61.0 Å². The van der Waals surface area contributed by atoms with E-state index in [9.17, 15) is 32.8 Å². The Bertz CT molecular complexity index is 1650. The number of hydrogen-bond acceptors (Lipinski definition) is 6. The van der Waals surface area contributed by atoms with Crippen molar-refractivity contribution in [3.8, 4) is 6.07 Å². The summed E-state index contributed by atoms with van der Waals surface area (Å²) in [5.41, 5.74) is 2.24. The molecule has 3 aromatic rings. The lowest BCUT2D eigenvalue weighted by atomic mass is 9.84. The fourth-order valence-corrected chi connectivity index (χ4v) is 6.58. The highest BCUT2D eigenvalue weighted by molar-refractivity contribution is 7.89. The van der Waals surface area contributed by atoms with Crippen LogP contribution in [0.15, 0.2) is 65.6 Å². The molecule has 232 valence electrons. The molecule has 1 saturated carbocycles. The Hall–Kier alpha value is -4.27. The van der Waals surface area contributed by atoms with Crippen LogP contribution in [0.1, 0.15) is 78.9 Å². The van der Waals surface area contributed by atoms with Crippen LogP contribution >= 0.6 is 0 Å². The number of rotatable bonds is 11. The van der Waals surface area contributed by atoms with Crippen LogP contribution in [0.4, 0.5) is 15.8 Å². The average Bonchev–Trinajstić information content (AvgIpc) is 3.01. The highest BCUT2D eigenvalue weighted by Crippen LogP contribution is 2.33. The SMILES string of the molecule is CC(C)Nc1c(F)cc(S(=O)(=O)N(C)CC(=O)N(Cc2ccc(C3CCCCC3)cc2)c2ccc(C(=O)O)cc2)cc1C#N. The minimum absolute atomic E-state index is 0.0448. The predicted octanol–water partition coefficient (Wildman–Crippen LogP) is 6.12. The molecule has 4 rings (SSSR count). The van der Waals surface area contributed by atoms with Gasteiger partial charge in [-0.15, -0.1) is 0 Å². The molecule has 0 heterocycles. The number of halogens is 1. The van der Waals surface area contributed by atoms with E-state index in [1.54, 1.807) is 13.8 Å². The third kappa shape index (κ3) is 7.62. The first-order chi connectivity index (χ1) is 20.9. The summed E-state index contributed by atoms with van der Waals surface area (Å²) in [7, 11) is -3.16. The minimum atomic E-state index is -4.37. The summed E-state index contributed by atoms with van der Waals surface area (Å²) < 4.78 is 42.6. The van der Waals surface area contributed by atoms with Crippen LogP contribution in [0.5, 0.6) is 0 Å². The summed E-state index contributed by atoms with van der Waals surface area (Å²) >= 11 is 0. The van der Waals surface area contributed by atoms with Crippen molar-refractivity contribution < 1.29 is 27.5 Å². The van der Waals surface area contributed by atoms with E-state index in [4.69, 9.17) is 0 Å². The zero-order chi connectivity index (χ0) is 32.0. The van der Waals surface area contributed by atoms with Gasteiger partial charge in [0.2, 0.25) is 15.9 Å². The van der Waals surface area contributed by atoms with Crippen molar-refractivity contribution in [1.82, 2.24) is 4.31 Å². The number of hydrogen-bond donors (Lipinski definition) is 2. The first-order valence-electron chi connectivity index (χ1n) is 14.6. The number of benzene rings is 3. The molecule has 44 heavy (non-hydrogen) atoms. The predicted molar refractivity (Wildman–Crippen MR) is 167 cm³/mol. The van der Waals surface area contributed by atoms with Crippen molar-refractivity contribution in [3.05, 3.63) is 88.7 Å². The summed E-state index contributed by atoms with van der Waals surface area (Å²) in [5, 5.41) is 21.7. The van der Waals surface area contributed by atoms with E-state index in [0.717, 1.165) is 34.8 Å². The molecule has 1 fully saturated rings. The van der Waals surface area contributed by atoms with Crippen molar-refractivity contribution in [2.75, 3.05) is 23.8 Å². The number of nitrogens with zero attached hydrogens (tertiary/aromatic N) is 3. The van der Waals surface area contributed by atoms with Crippen LogP contribution in [-0.4, -0.2) is 49.3 Å². The van der Waals surface area contributed by atoms with E-state index in [-0.39, 0.29) is 29.4 Å². The van der Waals surface area contributed by atoms with E-state index >= 15 is 0 Å². The van der Waals surface area contributed by atoms with Crippen molar-refractivity contribution in [3.63, 3.8) is 0 Å². The summed E-state index contributed by atoms with van der Waals surface area (Å²) in [6, 6.07) is 17.4. The van der Waals surface area contributed by atoms with Crippen LogP contribution in [-0.2, 0) is 21.4 Å². The van der Waals surface area contributed by atoms with E-state index in [0.29, 0.717) is 11.6 Å². The van der Waals surface area contributed by atoms with Crippen molar-refractivity contribution in [2.24, 2.45) is 0 Å². The summed E-state index contributed by atoms with van der Waals surface area (Å²) in [6.07, 6.45) is 5.97. The van der Waals surface area contributed by atoms with Gasteiger partial charge in [-0.1, -0.05) is 43.5 Å². The van der Waals surface area contributed by atoms with E-state index < -0.39 is 39.2 Å². The Labute approximate surface area is 258 Å². The summed E-state index contributed by atoms with van der Waals surface area (Å²) in [6.45, 7) is 3.05. The number of carbonyl (C=O) groups excluding carboxylic acids is 1. The van der Waals surface area contributed by atoms with Gasteiger partial charge >= 0.3 is 5.97 Å². The lowest BCUT2D eigenvalue weighted by Gasteiger charge is -2.26. The molecule has 0 unspecified atom stereocenters. The monoisotopic (exact) mass is 620 g/mol. The fourth-order valence-electron chi connectivity index (χ4n) is 5.42. The molecule has 0 aliphatic heterocycles. The Balaban J connectivity index is 1.60. The highest BCUT2D eigenvalue weighted by Gasteiger charge is 2.28. The summed E-state index contributed by atoms with van der Waals surface area (Å²) in [5.74, 6) is -2.07. The average molecular weight is 621 g/mol. The van der Waals surface area contributed by atoms with Crippen LogP contribution in [0.2, 0.25) is 0 Å². The number of nitriles is 1. The van der Waals surface area contributed by atoms with Gasteiger partial charge in [0, 0.05) is 18.8 Å². The zero-order valence-corrected chi connectivity index (χ0v) is 25.9. The molecule has 9 nitrogen and oxygen atoms in total. The van der Waals surface area contributed by atoms with Crippen LogP contribution < -0.4 is 10.2 Å². The Morgan fingerprint density at radius 1 is 1.05 bits per heavy atom.